The van der Waals surface area contributed by atoms with Crippen molar-refractivity contribution >= 4 is 0 Å². The van der Waals surface area contributed by atoms with Crippen LogP contribution in [-0.2, 0) is 0 Å². The molecule has 62 heavy (non-hydrogen) atoms. The molecule has 0 aromatic heterocycles. The zero-order valence-electron chi connectivity index (χ0n) is 38.8. The summed E-state index contributed by atoms with van der Waals surface area (Å²) in [7, 11) is 0. The third kappa shape index (κ3) is 13.3. The van der Waals surface area contributed by atoms with Gasteiger partial charge in [-0.2, -0.15) is 0 Å². The Bertz CT molecular complexity index is 2130. The normalized spacial score (nSPS) is 13.1. The molecule has 328 valence electrons. The van der Waals surface area contributed by atoms with Crippen LogP contribution in [0.2, 0.25) is 0 Å². The summed E-state index contributed by atoms with van der Waals surface area (Å²) >= 11 is 0. The van der Waals surface area contributed by atoms with E-state index in [1.807, 2.05) is 54.6 Å². The summed E-state index contributed by atoms with van der Waals surface area (Å²) in [6, 6.07) is 50.7. The molecule has 0 heterocycles. The standard InChI is InChI=1S/C35H41NO2.C22H31NO/c1-25(2)36(21-19-30(28-11-7-5-8-12-28)32-23-26(3)15-17-34(32)37)22-20-31(29-13-9-6-10-14-29)33-24-27(4)16-18-35(33)38;1-16(2)23(17(3)4)14-13-20(19-9-7-6-8-10-19)21-15-18(5)11-12-22(21)24/h5-18,23-25,30-31,37-38H,19-22H2,1-4H3;6-12,15-17,20,24H,13-14H2,1-5H3/t30-,31-;20-/m11/s1. The molecule has 0 aliphatic carbocycles. The van der Waals surface area contributed by atoms with Crippen molar-refractivity contribution in [2.45, 2.75) is 117 Å². The van der Waals surface area contributed by atoms with Crippen LogP contribution < -0.4 is 0 Å². The summed E-state index contributed by atoms with van der Waals surface area (Å²) in [6.45, 7) is 22.6. The Kier molecular flexibility index (Phi) is 17.8. The fourth-order valence-electron chi connectivity index (χ4n) is 9.03. The minimum Gasteiger partial charge on any atom is -0.508 e. The molecule has 0 bridgehead atoms. The molecule has 0 aliphatic rings. The number of aromatic hydroxyl groups is 3. The van der Waals surface area contributed by atoms with Gasteiger partial charge in [0.05, 0.1) is 0 Å². The zero-order valence-corrected chi connectivity index (χ0v) is 38.8. The van der Waals surface area contributed by atoms with Crippen LogP contribution >= 0.6 is 0 Å². The highest BCUT2D eigenvalue weighted by molar-refractivity contribution is 5.46. The van der Waals surface area contributed by atoms with E-state index < -0.39 is 0 Å². The maximum Gasteiger partial charge on any atom is 0.119 e. The second-order valence-corrected chi connectivity index (χ2v) is 18.0. The second-order valence-electron chi connectivity index (χ2n) is 18.0. The van der Waals surface area contributed by atoms with E-state index in [1.165, 1.54) is 22.3 Å². The number of phenols is 3. The minimum absolute atomic E-state index is 0.114. The lowest BCUT2D eigenvalue weighted by Crippen LogP contribution is -2.38. The van der Waals surface area contributed by atoms with E-state index in [-0.39, 0.29) is 17.8 Å². The molecule has 0 unspecified atom stereocenters. The summed E-state index contributed by atoms with van der Waals surface area (Å²) in [5, 5.41) is 32.0. The topological polar surface area (TPSA) is 67.2 Å². The van der Waals surface area contributed by atoms with Crippen LogP contribution in [-0.4, -0.2) is 62.9 Å². The van der Waals surface area contributed by atoms with Gasteiger partial charge in [0.15, 0.2) is 0 Å². The molecule has 5 heteroatoms. The second kappa shape index (κ2) is 23.2. The van der Waals surface area contributed by atoms with E-state index in [9.17, 15) is 15.3 Å². The SMILES string of the molecule is Cc1ccc(O)c([C@H](CCN(C(C)C)C(C)C)c2ccccc2)c1.Cc1ccc(O)c([C@H](CCN(CC[C@H](c2ccccc2)c2cc(C)ccc2O)C(C)C)c2ccccc2)c1. The highest BCUT2D eigenvalue weighted by Crippen LogP contribution is 2.38. The first-order chi connectivity index (χ1) is 29.7. The molecule has 0 amide bonds. The smallest absolute Gasteiger partial charge is 0.119 e. The van der Waals surface area contributed by atoms with E-state index >= 15 is 0 Å². The van der Waals surface area contributed by atoms with E-state index in [0.29, 0.717) is 35.4 Å². The van der Waals surface area contributed by atoms with Gasteiger partial charge in [0.2, 0.25) is 0 Å². The van der Waals surface area contributed by atoms with Crippen molar-refractivity contribution in [3.8, 4) is 17.2 Å². The molecule has 5 nitrogen and oxygen atoms in total. The van der Waals surface area contributed by atoms with E-state index in [1.54, 1.807) is 0 Å². The average Bonchev–Trinajstić information content (AvgIpc) is 3.26. The maximum atomic E-state index is 10.8. The van der Waals surface area contributed by atoms with Crippen LogP contribution in [0.4, 0.5) is 0 Å². The van der Waals surface area contributed by atoms with Crippen molar-refractivity contribution < 1.29 is 15.3 Å². The van der Waals surface area contributed by atoms with Crippen LogP contribution in [0, 0.1) is 20.8 Å². The van der Waals surface area contributed by atoms with Gasteiger partial charge in [-0.1, -0.05) is 144 Å². The first-order valence-corrected chi connectivity index (χ1v) is 22.8. The summed E-state index contributed by atoms with van der Waals surface area (Å²) in [4.78, 5) is 5.05. The molecule has 3 atom stereocenters. The largest absolute Gasteiger partial charge is 0.508 e. The predicted octanol–water partition coefficient (Wildman–Crippen LogP) is 13.5. The molecular weight excluding hydrogens is 761 g/mol. The van der Waals surface area contributed by atoms with Crippen LogP contribution in [0.15, 0.2) is 146 Å². The molecular formula is C57H72N2O3. The van der Waals surface area contributed by atoms with Crippen LogP contribution in [0.1, 0.15) is 129 Å². The van der Waals surface area contributed by atoms with E-state index in [2.05, 4.69) is 163 Å². The molecule has 3 N–H and O–H groups in total. The van der Waals surface area contributed by atoms with Crippen molar-refractivity contribution in [2.24, 2.45) is 0 Å². The Morgan fingerprint density at radius 1 is 0.371 bits per heavy atom. The molecule has 6 aromatic rings. The van der Waals surface area contributed by atoms with Gasteiger partial charge in [-0.25, -0.2) is 0 Å². The van der Waals surface area contributed by atoms with Gasteiger partial charge in [-0.15, -0.1) is 0 Å². The van der Waals surface area contributed by atoms with Crippen molar-refractivity contribution in [2.75, 3.05) is 19.6 Å². The van der Waals surface area contributed by atoms with Gasteiger partial charge in [0.1, 0.15) is 17.2 Å². The highest BCUT2D eigenvalue weighted by Gasteiger charge is 2.24. The molecule has 0 saturated carbocycles. The van der Waals surface area contributed by atoms with Crippen LogP contribution in [0.5, 0.6) is 17.2 Å². The van der Waals surface area contributed by atoms with Gasteiger partial charge in [0.25, 0.3) is 0 Å². The molecule has 0 spiro atoms. The summed E-state index contributed by atoms with van der Waals surface area (Å²) in [5.74, 6) is 1.56. The van der Waals surface area contributed by atoms with Crippen molar-refractivity contribution in [1.29, 1.82) is 0 Å². The lowest BCUT2D eigenvalue weighted by atomic mass is 9.86. The quantitative estimate of drug-likeness (QED) is 0.0805. The number of rotatable bonds is 18. The van der Waals surface area contributed by atoms with Crippen molar-refractivity contribution in [3.63, 3.8) is 0 Å². The lowest BCUT2D eigenvalue weighted by molar-refractivity contribution is 0.170. The van der Waals surface area contributed by atoms with Gasteiger partial charge < -0.3 is 20.2 Å². The molecule has 0 radical (unpaired) electrons. The van der Waals surface area contributed by atoms with E-state index in [4.69, 9.17) is 0 Å². The zero-order chi connectivity index (χ0) is 44.8. The van der Waals surface area contributed by atoms with Gasteiger partial charge in [-0.05, 0) is 136 Å². The Balaban J connectivity index is 0.000000260. The monoisotopic (exact) mass is 833 g/mol. The van der Waals surface area contributed by atoms with Gasteiger partial charge in [-0.3, -0.25) is 4.90 Å². The number of phenolic OH excluding ortho intramolecular Hbond substituents is 3. The number of aryl methyl sites for hydroxylation is 3. The minimum atomic E-state index is 0.114. The average molecular weight is 833 g/mol. The van der Waals surface area contributed by atoms with Crippen molar-refractivity contribution in [1.82, 2.24) is 9.80 Å². The fraction of sp³-hybridized carbons (Fsp3) is 0.368. The van der Waals surface area contributed by atoms with E-state index in [0.717, 1.165) is 66.7 Å². The lowest BCUT2D eigenvalue weighted by Gasteiger charge is -2.32. The first kappa shape index (κ1) is 47.7. The third-order valence-electron chi connectivity index (χ3n) is 12.4. The third-order valence-corrected chi connectivity index (χ3v) is 12.4. The Labute approximate surface area is 373 Å². The molecule has 6 rings (SSSR count). The number of nitrogens with zero attached hydrogens (tertiary/aromatic N) is 2. The predicted molar refractivity (Wildman–Crippen MR) is 261 cm³/mol. The fourth-order valence-corrected chi connectivity index (χ4v) is 9.03. The summed E-state index contributed by atoms with van der Waals surface area (Å²) < 4.78 is 0. The van der Waals surface area contributed by atoms with Gasteiger partial charge >= 0.3 is 0 Å². The maximum absolute atomic E-state index is 10.8. The van der Waals surface area contributed by atoms with Crippen LogP contribution in [0.25, 0.3) is 0 Å². The Hall–Kier alpha value is -5.36. The Morgan fingerprint density at radius 2 is 0.661 bits per heavy atom. The highest BCUT2D eigenvalue weighted by atomic mass is 16.3. The molecule has 6 aromatic carbocycles. The number of hydrogen-bond acceptors (Lipinski definition) is 5. The molecule has 0 saturated heterocycles. The van der Waals surface area contributed by atoms with Crippen LogP contribution in [0.3, 0.4) is 0 Å². The summed E-state index contributed by atoms with van der Waals surface area (Å²) in [5.41, 5.74) is 10.2. The number of hydrogen-bond donors (Lipinski definition) is 3. The first-order valence-electron chi connectivity index (χ1n) is 22.8. The summed E-state index contributed by atoms with van der Waals surface area (Å²) in [6.07, 6.45) is 2.81. The molecule has 0 aliphatic heterocycles. The Morgan fingerprint density at radius 3 is 0.935 bits per heavy atom. The molecule has 0 fully saturated rings. The van der Waals surface area contributed by atoms with Gasteiger partial charge in [0, 0.05) is 52.6 Å². The number of benzene rings is 6. The van der Waals surface area contributed by atoms with Crippen molar-refractivity contribution in [3.05, 3.63) is 196 Å².